The van der Waals surface area contributed by atoms with E-state index in [1.165, 1.54) is 0 Å². The third kappa shape index (κ3) is 2.47. The van der Waals surface area contributed by atoms with E-state index in [1.54, 1.807) is 6.20 Å². The zero-order valence-electron chi connectivity index (χ0n) is 7.90. The predicted molar refractivity (Wildman–Crippen MR) is 56.7 cm³/mol. The fraction of sp³-hybridized carbons (Fsp3) is 0.300. The summed E-state index contributed by atoms with van der Waals surface area (Å²) in [6.45, 7) is 7.51. The van der Waals surface area contributed by atoms with Crippen molar-refractivity contribution in [3.8, 4) is 0 Å². The van der Waals surface area contributed by atoms with E-state index in [1.807, 2.05) is 18.2 Å². The van der Waals surface area contributed by atoms with Gasteiger partial charge >= 0.3 is 0 Å². The van der Waals surface area contributed by atoms with Gasteiger partial charge in [0.2, 0.25) is 0 Å². The molecular formula is C10H15N3. The van der Waals surface area contributed by atoms with Gasteiger partial charge in [0.05, 0.1) is 11.9 Å². The number of rotatable bonds is 4. The van der Waals surface area contributed by atoms with Crippen LogP contribution in [0.5, 0.6) is 0 Å². The summed E-state index contributed by atoms with van der Waals surface area (Å²) in [4.78, 5) is 6.34. The van der Waals surface area contributed by atoms with Gasteiger partial charge in [-0.15, -0.1) is 6.58 Å². The Hall–Kier alpha value is -1.51. The first-order valence-corrected chi connectivity index (χ1v) is 4.35. The molecule has 1 aromatic heterocycles. The third-order valence-corrected chi connectivity index (χ3v) is 1.83. The SMILES string of the molecule is C=CCN(CC)c1ccc(N)cn1. The third-order valence-electron chi connectivity index (χ3n) is 1.83. The Balaban J connectivity index is 2.78. The van der Waals surface area contributed by atoms with Crippen LogP contribution in [0, 0.1) is 0 Å². The highest BCUT2D eigenvalue weighted by molar-refractivity contribution is 5.45. The molecule has 0 saturated heterocycles. The second-order valence-corrected chi connectivity index (χ2v) is 2.78. The minimum atomic E-state index is 0.693. The van der Waals surface area contributed by atoms with Crippen LogP contribution in [0.15, 0.2) is 31.0 Å². The number of nitrogens with zero attached hydrogens (tertiary/aromatic N) is 2. The molecule has 0 amide bonds. The lowest BCUT2D eigenvalue weighted by Gasteiger charge is -2.19. The van der Waals surface area contributed by atoms with Crippen LogP contribution in [0.3, 0.4) is 0 Å². The molecule has 0 aliphatic heterocycles. The smallest absolute Gasteiger partial charge is 0.128 e. The van der Waals surface area contributed by atoms with Crippen molar-refractivity contribution in [2.24, 2.45) is 0 Å². The summed E-state index contributed by atoms with van der Waals surface area (Å²) >= 11 is 0. The predicted octanol–water partition coefficient (Wildman–Crippen LogP) is 1.68. The molecule has 0 bridgehead atoms. The minimum Gasteiger partial charge on any atom is -0.397 e. The van der Waals surface area contributed by atoms with Crippen LogP contribution in [0.4, 0.5) is 11.5 Å². The van der Waals surface area contributed by atoms with Crippen molar-refractivity contribution in [2.45, 2.75) is 6.92 Å². The second-order valence-electron chi connectivity index (χ2n) is 2.78. The van der Waals surface area contributed by atoms with E-state index in [0.29, 0.717) is 5.69 Å². The molecule has 1 heterocycles. The number of pyridine rings is 1. The monoisotopic (exact) mass is 177 g/mol. The highest BCUT2D eigenvalue weighted by atomic mass is 15.2. The van der Waals surface area contributed by atoms with Crippen molar-refractivity contribution in [3.05, 3.63) is 31.0 Å². The van der Waals surface area contributed by atoms with E-state index in [9.17, 15) is 0 Å². The standard InChI is InChI=1S/C10H15N3/c1-3-7-13(4-2)10-6-5-9(11)8-12-10/h3,5-6,8H,1,4,7,11H2,2H3. The van der Waals surface area contributed by atoms with Crippen LogP contribution in [-0.2, 0) is 0 Å². The normalized spacial score (nSPS) is 9.62. The summed E-state index contributed by atoms with van der Waals surface area (Å²) < 4.78 is 0. The van der Waals surface area contributed by atoms with Crippen molar-refractivity contribution in [2.75, 3.05) is 23.7 Å². The van der Waals surface area contributed by atoms with Gasteiger partial charge in [-0.3, -0.25) is 0 Å². The van der Waals surface area contributed by atoms with Gasteiger partial charge in [-0.2, -0.15) is 0 Å². The topological polar surface area (TPSA) is 42.1 Å². The lowest BCUT2D eigenvalue weighted by molar-refractivity contribution is 0.883. The van der Waals surface area contributed by atoms with Gasteiger partial charge in [0.1, 0.15) is 5.82 Å². The van der Waals surface area contributed by atoms with Crippen LogP contribution >= 0.6 is 0 Å². The molecule has 0 fully saturated rings. The molecule has 70 valence electrons. The van der Waals surface area contributed by atoms with Gasteiger partial charge in [0.15, 0.2) is 0 Å². The Bertz CT molecular complexity index is 266. The Morgan fingerprint density at radius 1 is 1.62 bits per heavy atom. The van der Waals surface area contributed by atoms with Crippen LogP contribution in [0.25, 0.3) is 0 Å². The number of hydrogen-bond donors (Lipinski definition) is 1. The van der Waals surface area contributed by atoms with Crippen LogP contribution < -0.4 is 10.6 Å². The summed E-state index contributed by atoms with van der Waals surface area (Å²) in [7, 11) is 0. The number of nitrogen functional groups attached to an aromatic ring is 1. The van der Waals surface area contributed by atoms with Crippen LogP contribution in [0.2, 0.25) is 0 Å². The summed E-state index contributed by atoms with van der Waals surface area (Å²) in [5, 5.41) is 0. The molecule has 1 rings (SSSR count). The molecular weight excluding hydrogens is 162 g/mol. The Morgan fingerprint density at radius 2 is 2.38 bits per heavy atom. The number of anilines is 2. The molecule has 0 spiro atoms. The molecule has 3 heteroatoms. The van der Waals surface area contributed by atoms with Gasteiger partial charge in [-0.1, -0.05) is 6.08 Å². The summed E-state index contributed by atoms with van der Waals surface area (Å²) in [5.41, 5.74) is 6.23. The lowest BCUT2D eigenvalue weighted by Crippen LogP contribution is -2.23. The van der Waals surface area contributed by atoms with E-state index in [2.05, 4.69) is 23.4 Å². The van der Waals surface area contributed by atoms with E-state index in [4.69, 9.17) is 5.73 Å². The van der Waals surface area contributed by atoms with Crippen LogP contribution in [0.1, 0.15) is 6.92 Å². The highest BCUT2D eigenvalue weighted by Crippen LogP contribution is 2.11. The molecule has 13 heavy (non-hydrogen) atoms. The van der Waals surface area contributed by atoms with E-state index in [-0.39, 0.29) is 0 Å². The first-order chi connectivity index (χ1) is 6.27. The van der Waals surface area contributed by atoms with Crippen molar-refractivity contribution < 1.29 is 0 Å². The molecule has 0 radical (unpaired) electrons. The van der Waals surface area contributed by atoms with Gasteiger partial charge in [-0.05, 0) is 19.1 Å². The van der Waals surface area contributed by atoms with E-state index in [0.717, 1.165) is 18.9 Å². The number of nitrogens with two attached hydrogens (primary N) is 1. The number of hydrogen-bond acceptors (Lipinski definition) is 3. The van der Waals surface area contributed by atoms with Crippen molar-refractivity contribution in [1.82, 2.24) is 4.98 Å². The second kappa shape index (κ2) is 4.50. The van der Waals surface area contributed by atoms with Crippen molar-refractivity contribution >= 4 is 11.5 Å². The average molecular weight is 177 g/mol. The van der Waals surface area contributed by atoms with Gasteiger partial charge in [0.25, 0.3) is 0 Å². The molecule has 0 saturated carbocycles. The molecule has 2 N–H and O–H groups in total. The molecule has 0 unspecified atom stereocenters. The number of aromatic nitrogens is 1. The first kappa shape index (κ1) is 9.58. The minimum absolute atomic E-state index is 0.693. The van der Waals surface area contributed by atoms with Gasteiger partial charge in [0, 0.05) is 13.1 Å². The van der Waals surface area contributed by atoms with Gasteiger partial charge < -0.3 is 10.6 Å². The summed E-state index contributed by atoms with van der Waals surface area (Å²) in [5.74, 6) is 0.941. The van der Waals surface area contributed by atoms with Gasteiger partial charge in [-0.25, -0.2) is 4.98 Å². The maximum atomic E-state index is 5.54. The molecule has 0 aliphatic rings. The van der Waals surface area contributed by atoms with Crippen LogP contribution in [-0.4, -0.2) is 18.1 Å². The average Bonchev–Trinajstić information content (AvgIpc) is 2.16. The Labute approximate surface area is 78.9 Å². The molecule has 1 aromatic rings. The molecule has 0 aromatic carbocycles. The quantitative estimate of drug-likeness (QED) is 0.711. The first-order valence-electron chi connectivity index (χ1n) is 4.35. The highest BCUT2D eigenvalue weighted by Gasteiger charge is 2.01. The number of likely N-dealkylation sites (N-methyl/N-ethyl adjacent to an activating group) is 1. The largest absolute Gasteiger partial charge is 0.397 e. The zero-order valence-corrected chi connectivity index (χ0v) is 7.90. The fourth-order valence-corrected chi connectivity index (χ4v) is 1.13. The van der Waals surface area contributed by atoms with Crippen molar-refractivity contribution in [3.63, 3.8) is 0 Å². The lowest BCUT2D eigenvalue weighted by atomic mass is 10.4. The maximum absolute atomic E-state index is 5.54. The summed E-state index contributed by atoms with van der Waals surface area (Å²) in [6.07, 6.45) is 3.53. The van der Waals surface area contributed by atoms with E-state index < -0.39 is 0 Å². The molecule has 0 atom stereocenters. The van der Waals surface area contributed by atoms with Crippen molar-refractivity contribution in [1.29, 1.82) is 0 Å². The zero-order chi connectivity index (χ0) is 9.68. The molecule has 0 aliphatic carbocycles. The Kier molecular flexibility index (Phi) is 3.31. The Morgan fingerprint density at radius 3 is 2.85 bits per heavy atom. The molecule has 3 nitrogen and oxygen atoms in total. The maximum Gasteiger partial charge on any atom is 0.128 e. The summed E-state index contributed by atoms with van der Waals surface area (Å²) in [6, 6.07) is 3.77. The fourth-order valence-electron chi connectivity index (χ4n) is 1.13. The van der Waals surface area contributed by atoms with E-state index >= 15 is 0 Å².